The zero-order valence-corrected chi connectivity index (χ0v) is 10.3. The van der Waals surface area contributed by atoms with Crippen molar-refractivity contribution in [1.82, 2.24) is 5.32 Å². The Labute approximate surface area is 92.6 Å². The van der Waals surface area contributed by atoms with Gasteiger partial charge in [0, 0.05) is 6.04 Å². The summed E-state index contributed by atoms with van der Waals surface area (Å²) in [4.78, 5) is 0. The molecule has 84 valence electrons. The summed E-state index contributed by atoms with van der Waals surface area (Å²) < 4.78 is 5.87. The minimum atomic E-state index is 0.177. The van der Waals surface area contributed by atoms with Gasteiger partial charge in [0.1, 0.15) is 11.9 Å². The fourth-order valence-electron chi connectivity index (χ4n) is 1.55. The fraction of sp³-hybridized carbons (Fsp3) is 0.538. The first kappa shape index (κ1) is 12.1. The van der Waals surface area contributed by atoms with E-state index < -0.39 is 0 Å². The summed E-state index contributed by atoms with van der Waals surface area (Å²) in [5, 5.41) is 3.19. The molecule has 1 aromatic carbocycles. The average molecular weight is 207 g/mol. The SMILES string of the molecule is CNC(C)C(C)Oc1cc(C)cc(C)c1. The molecule has 0 radical (unpaired) electrons. The predicted octanol–water partition coefficient (Wildman–Crippen LogP) is 2.68. The maximum Gasteiger partial charge on any atom is 0.120 e. The second-order valence-electron chi connectivity index (χ2n) is 4.22. The van der Waals surface area contributed by atoms with Gasteiger partial charge in [0.05, 0.1) is 0 Å². The van der Waals surface area contributed by atoms with E-state index in [1.54, 1.807) is 0 Å². The van der Waals surface area contributed by atoms with Gasteiger partial charge in [-0.25, -0.2) is 0 Å². The van der Waals surface area contributed by atoms with Crippen molar-refractivity contribution < 1.29 is 4.74 Å². The second kappa shape index (κ2) is 5.17. The molecule has 0 saturated carbocycles. The van der Waals surface area contributed by atoms with Crippen molar-refractivity contribution in [3.63, 3.8) is 0 Å². The molecule has 0 fully saturated rings. The summed E-state index contributed by atoms with van der Waals surface area (Å²) in [6.07, 6.45) is 0.177. The van der Waals surface area contributed by atoms with Gasteiger partial charge < -0.3 is 10.1 Å². The molecule has 2 heteroatoms. The third-order valence-electron chi connectivity index (χ3n) is 2.68. The molecule has 1 rings (SSSR count). The molecule has 1 N–H and O–H groups in total. The topological polar surface area (TPSA) is 21.3 Å². The summed E-state index contributed by atoms with van der Waals surface area (Å²) >= 11 is 0. The Morgan fingerprint density at radius 3 is 2.07 bits per heavy atom. The lowest BCUT2D eigenvalue weighted by Gasteiger charge is -2.21. The lowest BCUT2D eigenvalue weighted by molar-refractivity contribution is 0.182. The van der Waals surface area contributed by atoms with E-state index in [-0.39, 0.29) is 6.10 Å². The van der Waals surface area contributed by atoms with Crippen LogP contribution in [0.25, 0.3) is 0 Å². The Kier molecular flexibility index (Phi) is 4.15. The Morgan fingerprint density at radius 2 is 1.60 bits per heavy atom. The van der Waals surface area contributed by atoms with Crippen LogP contribution in [0.3, 0.4) is 0 Å². The molecule has 2 nitrogen and oxygen atoms in total. The van der Waals surface area contributed by atoms with Crippen LogP contribution in [-0.2, 0) is 0 Å². The van der Waals surface area contributed by atoms with Crippen LogP contribution in [-0.4, -0.2) is 19.2 Å². The van der Waals surface area contributed by atoms with Gasteiger partial charge in [0.2, 0.25) is 0 Å². The number of nitrogens with one attached hydrogen (secondary N) is 1. The van der Waals surface area contributed by atoms with E-state index in [1.807, 2.05) is 7.05 Å². The Balaban J connectivity index is 2.72. The smallest absolute Gasteiger partial charge is 0.120 e. The summed E-state index contributed by atoms with van der Waals surface area (Å²) in [5.74, 6) is 0.960. The molecule has 0 aliphatic heterocycles. The molecular formula is C13H21NO. The Hall–Kier alpha value is -1.02. The molecule has 2 atom stereocenters. The lowest BCUT2D eigenvalue weighted by Crippen LogP contribution is -2.36. The van der Waals surface area contributed by atoms with E-state index in [4.69, 9.17) is 4.74 Å². The molecule has 2 unspecified atom stereocenters. The van der Waals surface area contributed by atoms with Crippen molar-refractivity contribution in [1.29, 1.82) is 0 Å². The van der Waals surface area contributed by atoms with Crippen molar-refractivity contribution >= 4 is 0 Å². The summed E-state index contributed by atoms with van der Waals surface area (Å²) in [7, 11) is 1.95. The number of benzene rings is 1. The molecule has 15 heavy (non-hydrogen) atoms. The molecule has 0 bridgehead atoms. The number of rotatable bonds is 4. The molecule has 0 aliphatic rings. The van der Waals surface area contributed by atoms with Gasteiger partial charge in [-0.05, 0) is 58.0 Å². The number of hydrogen-bond acceptors (Lipinski definition) is 2. The minimum absolute atomic E-state index is 0.177. The van der Waals surface area contributed by atoms with Crippen molar-refractivity contribution in [3.8, 4) is 5.75 Å². The van der Waals surface area contributed by atoms with Gasteiger partial charge in [-0.15, -0.1) is 0 Å². The molecule has 0 heterocycles. The van der Waals surface area contributed by atoms with Gasteiger partial charge in [-0.3, -0.25) is 0 Å². The predicted molar refractivity (Wildman–Crippen MR) is 64.5 cm³/mol. The average Bonchev–Trinajstić information content (AvgIpc) is 2.14. The van der Waals surface area contributed by atoms with E-state index in [2.05, 4.69) is 51.2 Å². The third-order valence-corrected chi connectivity index (χ3v) is 2.68. The first-order valence-corrected chi connectivity index (χ1v) is 5.45. The Morgan fingerprint density at radius 1 is 1.07 bits per heavy atom. The van der Waals surface area contributed by atoms with E-state index in [0.717, 1.165) is 5.75 Å². The first-order valence-electron chi connectivity index (χ1n) is 5.45. The molecule has 0 spiro atoms. The quantitative estimate of drug-likeness (QED) is 0.819. The Bertz CT molecular complexity index is 302. The van der Waals surface area contributed by atoms with Gasteiger partial charge in [-0.1, -0.05) is 6.07 Å². The second-order valence-corrected chi connectivity index (χ2v) is 4.22. The van der Waals surface area contributed by atoms with Crippen LogP contribution >= 0.6 is 0 Å². The van der Waals surface area contributed by atoms with Gasteiger partial charge in [-0.2, -0.15) is 0 Å². The third kappa shape index (κ3) is 3.56. The van der Waals surface area contributed by atoms with E-state index in [9.17, 15) is 0 Å². The monoisotopic (exact) mass is 207 g/mol. The van der Waals surface area contributed by atoms with E-state index in [0.29, 0.717) is 6.04 Å². The highest BCUT2D eigenvalue weighted by Gasteiger charge is 2.11. The largest absolute Gasteiger partial charge is 0.489 e. The normalized spacial score (nSPS) is 14.7. The maximum atomic E-state index is 5.87. The van der Waals surface area contributed by atoms with E-state index in [1.165, 1.54) is 11.1 Å². The van der Waals surface area contributed by atoms with Gasteiger partial charge in [0.25, 0.3) is 0 Å². The van der Waals surface area contributed by atoms with Gasteiger partial charge in [0.15, 0.2) is 0 Å². The summed E-state index contributed by atoms with van der Waals surface area (Å²) in [6.45, 7) is 8.38. The fourth-order valence-corrected chi connectivity index (χ4v) is 1.55. The first-order chi connectivity index (χ1) is 7.02. The van der Waals surface area contributed by atoms with Crippen molar-refractivity contribution in [3.05, 3.63) is 29.3 Å². The molecule has 0 aromatic heterocycles. The lowest BCUT2D eigenvalue weighted by atomic mass is 10.1. The van der Waals surface area contributed by atoms with Crippen LogP contribution in [0.15, 0.2) is 18.2 Å². The molecule has 0 amide bonds. The van der Waals surface area contributed by atoms with Crippen LogP contribution in [0.5, 0.6) is 5.75 Å². The van der Waals surface area contributed by atoms with Crippen LogP contribution in [0.1, 0.15) is 25.0 Å². The van der Waals surface area contributed by atoms with Crippen LogP contribution < -0.4 is 10.1 Å². The van der Waals surface area contributed by atoms with Crippen molar-refractivity contribution in [2.24, 2.45) is 0 Å². The van der Waals surface area contributed by atoms with Gasteiger partial charge >= 0.3 is 0 Å². The van der Waals surface area contributed by atoms with Crippen LogP contribution in [0.2, 0.25) is 0 Å². The summed E-state index contributed by atoms with van der Waals surface area (Å²) in [6, 6.07) is 6.65. The van der Waals surface area contributed by atoms with Crippen molar-refractivity contribution in [2.75, 3.05) is 7.05 Å². The highest BCUT2D eigenvalue weighted by atomic mass is 16.5. The molecule has 0 aliphatic carbocycles. The van der Waals surface area contributed by atoms with E-state index >= 15 is 0 Å². The highest BCUT2D eigenvalue weighted by Crippen LogP contribution is 2.18. The number of aryl methyl sites for hydroxylation is 2. The number of hydrogen-bond donors (Lipinski definition) is 1. The zero-order valence-electron chi connectivity index (χ0n) is 10.3. The zero-order chi connectivity index (χ0) is 11.4. The minimum Gasteiger partial charge on any atom is -0.489 e. The standard InChI is InChI=1S/C13H21NO/c1-9-6-10(2)8-13(7-9)15-12(4)11(3)14-5/h6-8,11-12,14H,1-5H3. The molecular weight excluding hydrogens is 186 g/mol. The number of likely N-dealkylation sites (N-methyl/N-ethyl adjacent to an activating group) is 1. The molecule has 0 saturated heterocycles. The summed E-state index contributed by atoms with van der Waals surface area (Å²) in [5.41, 5.74) is 2.49. The highest BCUT2D eigenvalue weighted by molar-refractivity contribution is 5.33. The molecule has 1 aromatic rings. The van der Waals surface area contributed by atoms with Crippen LogP contribution in [0.4, 0.5) is 0 Å². The maximum absolute atomic E-state index is 5.87. The van der Waals surface area contributed by atoms with Crippen LogP contribution in [0, 0.1) is 13.8 Å². The van der Waals surface area contributed by atoms with Crippen molar-refractivity contribution in [2.45, 2.75) is 39.8 Å². The number of ether oxygens (including phenoxy) is 1.